The molecule has 0 aliphatic carbocycles. The van der Waals surface area contributed by atoms with E-state index in [1.165, 1.54) is 29.3 Å². The first-order valence-corrected chi connectivity index (χ1v) is 8.96. The summed E-state index contributed by atoms with van der Waals surface area (Å²) in [5.41, 5.74) is 2.24. The molecular weight excluding hydrogens is 346 g/mol. The van der Waals surface area contributed by atoms with Gasteiger partial charge in [0.05, 0.1) is 17.5 Å². The molecule has 136 valence electrons. The highest BCUT2D eigenvalue weighted by Crippen LogP contribution is 2.28. The third-order valence-electron chi connectivity index (χ3n) is 4.91. The van der Waals surface area contributed by atoms with Crippen LogP contribution in [0.15, 0.2) is 48.7 Å². The fourth-order valence-electron chi connectivity index (χ4n) is 3.50. The van der Waals surface area contributed by atoms with Crippen molar-refractivity contribution in [3.8, 4) is 23.0 Å². The summed E-state index contributed by atoms with van der Waals surface area (Å²) in [4.78, 5) is 2.19. The largest absolute Gasteiger partial charge is 0.371 e. The van der Waals surface area contributed by atoms with Crippen LogP contribution in [0.3, 0.4) is 0 Å². The van der Waals surface area contributed by atoms with Crippen LogP contribution in [0.4, 0.5) is 14.5 Å². The van der Waals surface area contributed by atoms with Gasteiger partial charge in [0, 0.05) is 24.3 Å². The van der Waals surface area contributed by atoms with Crippen molar-refractivity contribution in [2.45, 2.75) is 19.3 Å². The average molecular weight is 364 g/mol. The van der Waals surface area contributed by atoms with Crippen molar-refractivity contribution in [3.05, 3.63) is 65.9 Å². The molecule has 2 aromatic carbocycles. The van der Waals surface area contributed by atoms with Crippen molar-refractivity contribution in [3.63, 3.8) is 0 Å². The fraction of sp³-hybridized carbons (Fsp3) is 0.238. The summed E-state index contributed by atoms with van der Waals surface area (Å²) in [5, 5.41) is 13.1. The molecule has 2 heterocycles. The SMILES string of the molecule is N#Cc1ccc(-c2ccnn2-c2ccc(N3CCCCC3)cc2F)cc1F. The Kier molecular flexibility index (Phi) is 4.59. The van der Waals surface area contributed by atoms with E-state index in [4.69, 9.17) is 5.26 Å². The highest BCUT2D eigenvalue weighted by molar-refractivity contribution is 5.64. The predicted octanol–water partition coefficient (Wildman–Crippen LogP) is 4.68. The zero-order valence-corrected chi connectivity index (χ0v) is 14.7. The molecule has 4 rings (SSSR count). The van der Waals surface area contributed by atoms with Gasteiger partial charge >= 0.3 is 0 Å². The number of aromatic nitrogens is 2. The third-order valence-corrected chi connectivity index (χ3v) is 4.91. The molecule has 0 unspecified atom stereocenters. The predicted molar refractivity (Wildman–Crippen MR) is 99.7 cm³/mol. The Hall–Kier alpha value is -3.20. The van der Waals surface area contributed by atoms with Gasteiger partial charge in [-0.1, -0.05) is 6.07 Å². The van der Waals surface area contributed by atoms with Crippen LogP contribution in [0, 0.1) is 23.0 Å². The Morgan fingerprint density at radius 1 is 0.926 bits per heavy atom. The highest BCUT2D eigenvalue weighted by atomic mass is 19.1. The lowest BCUT2D eigenvalue weighted by atomic mass is 10.1. The van der Waals surface area contributed by atoms with E-state index in [0.29, 0.717) is 16.9 Å². The molecule has 1 fully saturated rings. The van der Waals surface area contributed by atoms with Gasteiger partial charge in [-0.05, 0) is 55.7 Å². The van der Waals surface area contributed by atoms with E-state index < -0.39 is 5.82 Å². The lowest BCUT2D eigenvalue weighted by Gasteiger charge is -2.29. The summed E-state index contributed by atoms with van der Waals surface area (Å²) in [7, 11) is 0. The van der Waals surface area contributed by atoms with Gasteiger partial charge in [-0.25, -0.2) is 13.5 Å². The second-order valence-corrected chi connectivity index (χ2v) is 6.62. The topological polar surface area (TPSA) is 44.9 Å². The summed E-state index contributed by atoms with van der Waals surface area (Å²) in [6, 6.07) is 12.9. The minimum Gasteiger partial charge on any atom is -0.371 e. The molecule has 1 saturated heterocycles. The van der Waals surface area contributed by atoms with Crippen molar-refractivity contribution in [1.29, 1.82) is 5.26 Å². The molecule has 0 N–H and O–H groups in total. The van der Waals surface area contributed by atoms with Gasteiger partial charge in [-0.3, -0.25) is 0 Å². The van der Waals surface area contributed by atoms with E-state index in [1.54, 1.807) is 30.5 Å². The highest BCUT2D eigenvalue weighted by Gasteiger charge is 2.16. The summed E-state index contributed by atoms with van der Waals surface area (Å²) >= 11 is 0. The third kappa shape index (κ3) is 3.28. The number of nitrogens with zero attached hydrogens (tertiary/aromatic N) is 4. The summed E-state index contributed by atoms with van der Waals surface area (Å²) < 4.78 is 30.3. The molecule has 3 aromatic rings. The van der Waals surface area contributed by atoms with E-state index in [1.807, 2.05) is 6.07 Å². The van der Waals surface area contributed by atoms with Crippen molar-refractivity contribution in [2.24, 2.45) is 0 Å². The first-order chi connectivity index (χ1) is 13.2. The monoisotopic (exact) mass is 364 g/mol. The van der Waals surface area contributed by atoms with Gasteiger partial charge in [0.1, 0.15) is 17.6 Å². The van der Waals surface area contributed by atoms with Gasteiger partial charge in [-0.2, -0.15) is 10.4 Å². The standard InChI is InChI=1S/C21H18F2N4/c22-18-12-15(4-5-16(18)14-24)20-8-9-25-27(20)21-7-6-17(13-19(21)23)26-10-2-1-3-11-26/h4-9,12-13H,1-3,10-11H2. The molecule has 0 bridgehead atoms. The second-order valence-electron chi connectivity index (χ2n) is 6.62. The van der Waals surface area contributed by atoms with Crippen LogP contribution in [0.5, 0.6) is 0 Å². The maximum Gasteiger partial charge on any atom is 0.150 e. The Morgan fingerprint density at radius 3 is 2.44 bits per heavy atom. The Bertz CT molecular complexity index is 1010. The van der Waals surface area contributed by atoms with Gasteiger partial charge < -0.3 is 4.90 Å². The van der Waals surface area contributed by atoms with Crippen LogP contribution in [0.2, 0.25) is 0 Å². The number of hydrogen-bond donors (Lipinski definition) is 0. The second kappa shape index (κ2) is 7.20. The van der Waals surface area contributed by atoms with Crippen molar-refractivity contribution >= 4 is 5.69 Å². The molecule has 0 amide bonds. The van der Waals surface area contributed by atoms with Crippen LogP contribution >= 0.6 is 0 Å². The number of hydrogen-bond acceptors (Lipinski definition) is 3. The maximum atomic E-state index is 14.9. The van der Waals surface area contributed by atoms with E-state index in [2.05, 4.69) is 10.00 Å². The zero-order valence-electron chi connectivity index (χ0n) is 14.7. The van der Waals surface area contributed by atoms with Crippen LogP contribution in [-0.2, 0) is 0 Å². The van der Waals surface area contributed by atoms with Crippen molar-refractivity contribution in [1.82, 2.24) is 9.78 Å². The molecular formula is C21H18F2N4. The number of piperidine rings is 1. The number of anilines is 1. The van der Waals surface area contributed by atoms with Gasteiger partial charge in [0.25, 0.3) is 0 Å². The molecule has 0 saturated carbocycles. The van der Waals surface area contributed by atoms with E-state index in [0.717, 1.165) is 31.6 Å². The number of halogens is 2. The molecule has 27 heavy (non-hydrogen) atoms. The van der Waals surface area contributed by atoms with Crippen molar-refractivity contribution < 1.29 is 8.78 Å². The lowest BCUT2D eigenvalue weighted by Crippen LogP contribution is -2.29. The molecule has 6 heteroatoms. The van der Waals surface area contributed by atoms with Crippen LogP contribution in [-0.4, -0.2) is 22.9 Å². The smallest absolute Gasteiger partial charge is 0.150 e. The van der Waals surface area contributed by atoms with Crippen LogP contribution in [0.1, 0.15) is 24.8 Å². The van der Waals surface area contributed by atoms with E-state index >= 15 is 0 Å². The molecule has 1 aromatic heterocycles. The molecule has 1 aliphatic heterocycles. The van der Waals surface area contributed by atoms with Crippen molar-refractivity contribution in [2.75, 3.05) is 18.0 Å². The van der Waals surface area contributed by atoms with E-state index in [9.17, 15) is 8.78 Å². The number of nitriles is 1. The lowest BCUT2D eigenvalue weighted by molar-refractivity contribution is 0.572. The quantitative estimate of drug-likeness (QED) is 0.678. The molecule has 4 nitrogen and oxygen atoms in total. The van der Waals surface area contributed by atoms with Crippen LogP contribution in [0.25, 0.3) is 16.9 Å². The Morgan fingerprint density at radius 2 is 1.74 bits per heavy atom. The first-order valence-electron chi connectivity index (χ1n) is 8.96. The Labute approximate surface area is 156 Å². The summed E-state index contributed by atoms with van der Waals surface area (Å²) in [6.07, 6.45) is 5.01. The summed E-state index contributed by atoms with van der Waals surface area (Å²) in [5.74, 6) is -0.985. The fourth-order valence-corrected chi connectivity index (χ4v) is 3.50. The first kappa shape index (κ1) is 17.2. The zero-order chi connectivity index (χ0) is 18.8. The maximum absolute atomic E-state index is 14.9. The average Bonchev–Trinajstić information content (AvgIpc) is 3.18. The molecule has 0 atom stereocenters. The molecule has 1 aliphatic rings. The summed E-state index contributed by atoms with van der Waals surface area (Å²) in [6.45, 7) is 1.88. The van der Waals surface area contributed by atoms with Gasteiger partial charge in [0.15, 0.2) is 5.82 Å². The number of benzene rings is 2. The minimum atomic E-state index is -0.608. The normalized spacial score (nSPS) is 14.2. The number of rotatable bonds is 3. The minimum absolute atomic E-state index is 0.0260. The van der Waals surface area contributed by atoms with E-state index in [-0.39, 0.29) is 11.4 Å². The van der Waals surface area contributed by atoms with Gasteiger partial charge in [-0.15, -0.1) is 0 Å². The van der Waals surface area contributed by atoms with Crippen LogP contribution < -0.4 is 4.90 Å². The molecule has 0 radical (unpaired) electrons. The van der Waals surface area contributed by atoms with Gasteiger partial charge in [0.2, 0.25) is 0 Å². The molecule has 0 spiro atoms. The Balaban J connectivity index is 1.70.